The predicted molar refractivity (Wildman–Crippen MR) is 122 cm³/mol. The van der Waals surface area contributed by atoms with E-state index in [4.69, 9.17) is 11.6 Å². The topological polar surface area (TPSA) is 23.6 Å². The van der Waals surface area contributed by atoms with Crippen LogP contribution in [0.15, 0.2) is 90.5 Å². The maximum absolute atomic E-state index is 13.3. The van der Waals surface area contributed by atoms with Gasteiger partial charge in [0.05, 0.1) is 5.70 Å². The molecule has 0 N–H and O–H groups in total. The van der Waals surface area contributed by atoms with Crippen LogP contribution < -0.4 is 9.80 Å². The number of nitrogens with zero attached hydrogens (tertiary/aromatic N) is 2. The monoisotopic (exact) mass is 400 g/mol. The van der Waals surface area contributed by atoms with Crippen molar-refractivity contribution in [3.63, 3.8) is 0 Å². The number of hydrogen-bond donors (Lipinski definition) is 0. The summed E-state index contributed by atoms with van der Waals surface area (Å²) in [6.45, 7) is 0. The molecule has 0 fully saturated rings. The molecule has 0 unspecified atom stereocenters. The van der Waals surface area contributed by atoms with Gasteiger partial charge in [-0.2, -0.15) is 0 Å². The first-order valence-corrected chi connectivity index (χ1v) is 9.77. The zero-order chi connectivity index (χ0) is 20.4. The first-order chi connectivity index (χ1) is 14.0. The lowest BCUT2D eigenvalue weighted by atomic mass is 10.1. The summed E-state index contributed by atoms with van der Waals surface area (Å²) in [6, 6.07) is 25.4. The maximum Gasteiger partial charge on any atom is 0.262 e. The van der Waals surface area contributed by atoms with Crippen LogP contribution >= 0.6 is 11.6 Å². The summed E-state index contributed by atoms with van der Waals surface area (Å²) in [7, 11) is 3.99. The van der Waals surface area contributed by atoms with Gasteiger partial charge in [-0.15, -0.1) is 0 Å². The van der Waals surface area contributed by atoms with Gasteiger partial charge in [-0.3, -0.25) is 9.69 Å². The van der Waals surface area contributed by atoms with Gasteiger partial charge in [-0.05, 0) is 59.7 Å². The Morgan fingerprint density at radius 1 is 0.862 bits per heavy atom. The molecule has 144 valence electrons. The molecular weight excluding hydrogens is 380 g/mol. The second-order valence-corrected chi connectivity index (χ2v) is 7.53. The predicted octanol–water partition coefficient (Wildman–Crippen LogP) is 5.88. The third-order valence-corrected chi connectivity index (χ3v) is 5.12. The minimum atomic E-state index is -0.0450. The van der Waals surface area contributed by atoms with Crippen molar-refractivity contribution in [1.29, 1.82) is 0 Å². The van der Waals surface area contributed by atoms with Gasteiger partial charge in [0.15, 0.2) is 0 Å². The van der Waals surface area contributed by atoms with Crippen molar-refractivity contribution in [2.24, 2.45) is 0 Å². The van der Waals surface area contributed by atoms with Crippen LogP contribution in [0.2, 0.25) is 5.02 Å². The minimum Gasteiger partial charge on any atom is -0.378 e. The van der Waals surface area contributed by atoms with E-state index in [-0.39, 0.29) is 5.91 Å². The lowest BCUT2D eigenvalue weighted by molar-refractivity contribution is -0.113. The van der Waals surface area contributed by atoms with E-state index in [0.29, 0.717) is 10.6 Å². The Balaban J connectivity index is 1.79. The van der Waals surface area contributed by atoms with Crippen LogP contribution in [-0.4, -0.2) is 20.0 Å². The zero-order valence-corrected chi connectivity index (χ0v) is 17.1. The quantitative estimate of drug-likeness (QED) is 0.511. The molecule has 3 nitrogen and oxygen atoms in total. The first kappa shape index (κ1) is 19.0. The fraction of sp³-hybridized carbons (Fsp3) is 0.0800. The highest BCUT2D eigenvalue weighted by Gasteiger charge is 2.30. The Hall–Kier alpha value is -3.30. The molecular formula is C25H21ClN2O. The summed E-state index contributed by atoms with van der Waals surface area (Å²) in [6.07, 6.45) is 3.87. The molecule has 0 aromatic heterocycles. The number of benzene rings is 3. The summed E-state index contributed by atoms with van der Waals surface area (Å²) in [5.41, 5.74) is 5.34. The van der Waals surface area contributed by atoms with Crippen molar-refractivity contribution in [2.45, 2.75) is 0 Å². The second kappa shape index (κ2) is 7.98. The highest BCUT2D eigenvalue weighted by atomic mass is 35.5. The molecule has 0 atom stereocenters. The average Bonchev–Trinajstić information content (AvgIpc) is 3.05. The molecule has 3 aromatic carbocycles. The van der Waals surface area contributed by atoms with Gasteiger partial charge < -0.3 is 4.90 Å². The van der Waals surface area contributed by atoms with Crippen LogP contribution in [0.5, 0.6) is 0 Å². The molecule has 1 amide bonds. The van der Waals surface area contributed by atoms with Crippen molar-refractivity contribution in [2.75, 3.05) is 23.9 Å². The Labute approximate surface area is 176 Å². The van der Waals surface area contributed by atoms with Crippen LogP contribution in [0.25, 0.3) is 11.8 Å². The van der Waals surface area contributed by atoms with Crippen LogP contribution in [0.4, 0.5) is 11.4 Å². The summed E-state index contributed by atoms with van der Waals surface area (Å²) >= 11 is 6.07. The van der Waals surface area contributed by atoms with Crippen molar-refractivity contribution in [1.82, 2.24) is 0 Å². The Morgan fingerprint density at radius 3 is 2.14 bits per heavy atom. The van der Waals surface area contributed by atoms with E-state index < -0.39 is 0 Å². The van der Waals surface area contributed by atoms with E-state index in [0.717, 1.165) is 28.2 Å². The fourth-order valence-electron chi connectivity index (χ4n) is 3.33. The first-order valence-electron chi connectivity index (χ1n) is 9.39. The number of amides is 1. The molecule has 1 aliphatic rings. The van der Waals surface area contributed by atoms with Gasteiger partial charge in [-0.25, -0.2) is 0 Å². The number of carbonyl (C=O) groups excluding carboxylic acids is 1. The number of rotatable bonds is 4. The van der Waals surface area contributed by atoms with E-state index >= 15 is 0 Å². The van der Waals surface area contributed by atoms with Crippen LogP contribution in [0, 0.1) is 0 Å². The highest BCUT2D eigenvalue weighted by molar-refractivity contribution is 6.30. The van der Waals surface area contributed by atoms with E-state index in [1.54, 1.807) is 4.90 Å². The Morgan fingerprint density at radius 2 is 1.52 bits per heavy atom. The third kappa shape index (κ3) is 3.96. The van der Waals surface area contributed by atoms with Gasteiger partial charge in [-0.1, -0.05) is 54.1 Å². The summed E-state index contributed by atoms with van der Waals surface area (Å²) in [5, 5.41) is 0.667. The largest absolute Gasteiger partial charge is 0.378 e. The Bertz CT molecular complexity index is 1080. The molecule has 29 heavy (non-hydrogen) atoms. The molecule has 4 rings (SSSR count). The lowest BCUT2D eigenvalue weighted by Crippen LogP contribution is -2.25. The van der Waals surface area contributed by atoms with Gasteiger partial charge in [0.1, 0.15) is 0 Å². The molecule has 3 aromatic rings. The standard InChI is InChI=1S/C25H21ClN2O/c1-27(2)22-12-14-23(15-13-22)28-24(19-8-10-21(26)11-9-19)17-20(25(28)29)16-18-6-4-3-5-7-18/h3-17H,1-2H3/b20-16+. The summed E-state index contributed by atoms with van der Waals surface area (Å²) in [4.78, 5) is 17.1. The lowest BCUT2D eigenvalue weighted by Gasteiger charge is -2.22. The highest BCUT2D eigenvalue weighted by Crippen LogP contribution is 2.36. The molecule has 1 aliphatic heterocycles. The maximum atomic E-state index is 13.3. The van der Waals surface area contributed by atoms with Gasteiger partial charge in [0.25, 0.3) is 5.91 Å². The zero-order valence-electron chi connectivity index (χ0n) is 16.3. The molecule has 0 radical (unpaired) electrons. The SMILES string of the molecule is CN(C)c1ccc(N2C(=O)/C(=C/c3ccccc3)C=C2c2ccc(Cl)cc2)cc1. The normalized spacial score (nSPS) is 15.0. The number of anilines is 2. The van der Waals surface area contributed by atoms with Crippen molar-refractivity contribution >= 4 is 40.7 Å². The molecule has 1 heterocycles. The smallest absolute Gasteiger partial charge is 0.262 e. The molecule has 0 saturated carbocycles. The van der Waals surface area contributed by atoms with E-state index in [1.807, 2.05) is 110 Å². The minimum absolute atomic E-state index is 0.0450. The Kier molecular flexibility index (Phi) is 5.24. The number of halogens is 1. The summed E-state index contributed by atoms with van der Waals surface area (Å²) in [5.74, 6) is -0.0450. The fourth-order valence-corrected chi connectivity index (χ4v) is 3.46. The summed E-state index contributed by atoms with van der Waals surface area (Å²) < 4.78 is 0. The second-order valence-electron chi connectivity index (χ2n) is 7.10. The van der Waals surface area contributed by atoms with E-state index in [2.05, 4.69) is 0 Å². The van der Waals surface area contributed by atoms with Gasteiger partial charge >= 0.3 is 0 Å². The van der Waals surface area contributed by atoms with Crippen LogP contribution in [0.1, 0.15) is 11.1 Å². The molecule has 0 aliphatic carbocycles. The number of carbonyl (C=O) groups is 1. The van der Waals surface area contributed by atoms with Gasteiger partial charge in [0, 0.05) is 36.1 Å². The molecule has 0 saturated heterocycles. The number of hydrogen-bond acceptors (Lipinski definition) is 2. The third-order valence-electron chi connectivity index (χ3n) is 4.87. The van der Waals surface area contributed by atoms with Crippen molar-refractivity contribution in [3.8, 4) is 0 Å². The van der Waals surface area contributed by atoms with Crippen LogP contribution in [-0.2, 0) is 4.79 Å². The van der Waals surface area contributed by atoms with Crippen molar-refractivity contribution < 1.29 is 4.79 Å². The average molecular weight is 401 g/mol. The molecule has 4 heteroatoms. The van der Waals surface area contributed by atoms with E-state index in [1.165, 1.54) is 0 Å². The molecule has 0 bridgehead atoms. The molecule has 0 spiro atoms. The van der Waals surface area contributed by atoms with Crippen molar-refractivity contribution in [3.05, 3.63) is 107 Å². The van der Waals surface area contributed by atoms with Gasteiger partial charge in [0.2, 0.25) is 0 Å². The van der Waals surface area contributed by atoms with E-state index in [9.17, 15) is 4.79 Å². The van der Waals surface area contributed by atoms with Crippen LogP contribution in [0.3, 0.4) is 0 Å².